The van der Waals surface area contributed by atoms with E-state index in [2.05, 4.69) is 13.8 Å². The molecule has 29 heavy (non-hydrogen) atoms. The first-order chi connectivity index (χ1) is 14.1. The zero-order valence-electron chi connectivity index (χ0n) is 18.3. The number of fused-ring (bicyclic) bond motifs is 5. The predicted molar refractivity (Wildman–Crippen MR) is 120 cm³/mol. The van der Waals surface area contributed by atoms with E-state index in [0.717, 1.165) is 48.3 Å². The summed E-state index contributed by atoms with van der Waals surface area (Å²) >= 11 is 0. The average molecular weight is 392 g/mol. The molecule has 2 heterocycles. The highest BCUT2D eigenvalue weighted by atomic mass is 16.5. The maximum Gasteiger partial charge on any atom is 0.338 e. The third-order valence-corrected chi connectivity index (χ3v) is 9.75. The van der Waals surface area contributed by atoms with Crippen LogP contribution in [0.2, 0.25) is 17.5 Å². The zero-order chi connectivity index (χ0) is 20.0. The lowest BCUT2D eigenvalue weighted by Gasteiger charge is -2.70. The Morgan fingerprint density at radius 2 is 1.69 bits per heavy atom. The molecule has 0 aromatic heterocycles. The van der Waals surface area contributed by atoms with E-state index in [0.29, 0.717) is 17.6 Å². The Labute approximate surface area is 177 Å². The largest absolute Gasteiger partial charge is 0.462 e. The number of hydrogen-bond acceptors (Lipinski definition) is 2. The van der Waals surface area contributed by atoms with E-state index in [1.54, 1.807) is 0 Å². The molecule has 2 saturated heterocycles. The number of carbonyl (C=O) groups excluding carboxylic acids is 1. The zero-order valence-corrected chi connectivity index (χ0v) is 18.3. The molecule has 5 fully saturated rings. The molecule has 0 amide bonds. The van der Waals surface area contributed by atoms with Crippen molar-refractivity contribution in [2.75, 3.05) is 6.61 Å². The van der Waals surface area contributed by atoms with Gasteiger partial charge in [-0.3, -0.25) is 0 Å². The van der Waals surface area contributed by atoms with Crippen molar-refractivity contribution in [3.63, 3.8) is 0 Å². The first kappa shape index (κ1) is 19.7. The fraction of sp³-hybridized carbons (Fsp3) is 0.731. The molecule has 0 spiro atoms. The Balaban J connectivity index is 1.29. The Morgan fingerprint density at radius 1 is 1.03 bits per heavy atom. The van der Waals surface area contributed by atoms with Crippen molar-refractivity contribution >= 4 is 12.7 Å². The molecular weight excluding hydrogens is 355 g/mol. The average Bonchev–Trinajstić information content (AvgIpc) is 2.73. The van der Waals surface area contributed by atoms with Crippen LogP contribution in [0.5, 0.6) is 0 Å². The molecule has 4 bridgehead atoms. The summed E-state index contributed by atoms with van der Waals surface area (Å²) in [7, 11) is 0. The quantitative estimate of drug-likeness (QED) is 0.403. The van der Waals surface area contributed by atoms with Crippen molar-refractivity contribution < 1.29 is 9.53 Å². The Kier molecular flexibility index (Phi) is 5.29. The molecule has 3 heteroatoms. The minimum absolute atomic E-state index is 0.154. The first-order valence-corrected chi connectivity index (χ1v) is 12.3. The van der Waals surface area contributed by atoms with Crippen molar-refractivity contribution in [3.8, 4) is 0 Å². The molecule has 6 rings (SSSR count). The second-order valence-corrected chi connectivity index (χ2v) is 11.2. The molecule has 0 unspecified atom stereocenters. The summed E-state index contributed by atoms with van der Waals surface area (Å²) in [5.74, 6) is 5.23. The van der Waals surface area contributed by atoms with Crippen molar-refractivity contribution in [2.45, 2.75) is 89.1 Å². The van der Waals surface area contributed by atoms with Gasteiger partial charge >= 0.3 is 5.97 Å². The van der Waals surface area contributed by atoms with Gasteiger partial charge in [-0.05, 0) is 42.2 Å². The van der Waals surface area contributed by atoms with Gasteiger partial charge in [-0.25, -0.2) is 4.79 Å². The molecular formula is C26H37BO2-. The van der Waals surface area contributed by atoms with Crippen LogP contribution in [0, 0.1) is 23.2 Å². The molecule has 2 aliphatic heterocycles. The number of esters is 1. The van der Waals surface area contributed by atoms with Gasteiger partial charge in [0.2, 0.25) is 0 Å². The fourth-order valence-electron chi connectivity index (χ4n) is 8.21. The van der Waals surface area contributed by atoms with E-state index >= 15 is 0 Å². The van der Waals surface area contributed by atoms with Gasteiger partial charge < -0.3 is 4.74 Å². The monoisotopic (exact) mass is 392 g/mol. The molecule has 0 N–H and O–H groups in total. The van der Waals surface area contributed by atoms with Gasteiger partial charge in [-0.1, -0.05) is 82.9 Å². The van der Waals surface area contributed by atoms with E-state index in [1.807, 2.05) is 30.3 Å². The Bertz CT molecular complexity index is 707. The minimum Gasteiger partial charge on any atom is -0.462 e. The summed E-state index contributed by atoms with van der Waals surface area (Å²) in [6, 6.07) is 9.47. The maximum absolute atomic E-state index is 12.4. The Hall–Kier alpha value is -1.25. The third kappa shape index (κ3) is 3.47. The van der Waals surface area contributed by atoms with Crippen LogP contribution < -0.4 is 0 Å². The summed E-state index contributed by atoms with van der Waals surface area (Å²) in [6.07, 6.45) is 12.8. The highest BCUT2D eigenvalue weighted by Crippen LogP contribution is 2.68. The molecule has 1 aromatic carbocycles. The van der Waals surface area contributed by atoms with E-state index in [1.165, 1.54) is 51.4 Å². The second kappa shape index (κ2) is 7.78. The van der Waals surface area contributed by atoms with Crippen LogP contribution in [0.3, 0.4) is 0 Å². The van der Waals surface area contributed by atoms with Crippen LogP contribution in [0.1, 0.15) is 82.0 Å². The SMILES string of the molecule is CC1(C)[C@H]2C[C@H]([B-]3C4CCCC3CCC4)[C@@H](CCOC(=O)c3ccccc3)[C@@H]1C2. The number of hydrogen-bond donors (Lipinski definition) is 0. The van der Waals surface area contributed by atoms with Gasteiger partial charge in [0.05, 0.1) is 12.2 Å². The highest BCUT2D eigenvalue weighted by Gasteiger charge is 2.56. The lowest BCUT2D eigenvalue weighted by molar-refractivity contribution is -0.110. The van der Waals surface area contributed by atoms with Gasteiger partial charge in [0.15, 0.2) is 0 Å². The van der Waals surface area contributed by atoms with Gasteiger partial charge in [0.1, 0.15) is 0 Å². The summed E-state index contributed by atoms with van der Waals surface area (Å²) in [4.78, 5) is 12.4. The molecule has 3 aliphatic carbocycles. The van der Waals surface area contributed by atoms with Crippen LogP contribution in [0.15, 0.2) is 30.3 Å². The molecule has 1 aromatic rings. The fourth-order valence-corrected chi connectivity index (χ4v) is 8.21. The van der Waals surface area contributed by atoms with Crippen molar-refractivity contribution in [3.05, 3.63) is 35.9 Å². The molecule has 157 valence electrons. The van der Waals surface area contributed by atoms with E-state index < -0.39 is 0 Å². The lowest BCUT2D eigenvalue weighted by atomic mass is 9.18. The number of benzene rings is 1. The van der Waals surface area contributed by atoms with Gasteiger partial charge in [-0.15, -0.1) is 6.71 Å². The molecule has 5 aliphatic rings. The summed E-state index contributed by atoms with van der Waals surface area (Å²) in [5, 5.41) is 0. The topological polar surface area (TPSA) is 26.3 Å². The second-order valence-electron chi connectivity index (χ2n) is 11.2. The summed E-state index contributed by atoms with van der Waals surface area (Å²) in [5.41, 5.74) is 1.17. The third-order valence-electron chi connectivity index (χ3n) is 9.75. The van der Waals surface area contributed by atoms with Crippen LogP contribution in [-0.2, 0) is 4.74 Å². The smallest absolute Gasteiger partial charge is 0.338 e. The van der Waals surface area contributed by atoms with Crippen molar-refractivity contribution in [1.82, 2.24) is 0 Å². The van der Waals surface area contributed by atoms with E-state index in [9.17, 15) is 4.79 Å². The molecule has 3 saturated carbocycles. The van der Waals surface area contributed by atoms with Crippen molar-refractivity contribution in [1.29, 1.82) is 0 Å². The van der Waals surface area contributed by atoms with E-state index in [4.69, 9.17) is 4.74 Å². The number of carbonyl (C=O) groups is 1. The van der Waals surface area contributed by atoms with Crippen molar-refractivity contribution in [2.24, 2.45) is 23.2 Å². The maximum atomic E-state index is 12.4. The van der Waals surface area contributed by atoms with Crippen LogP contribution >= 0.6 is 0 Å². The number of ether oxygens (including phenoxy) is 1. The molecule has 2 nitrogen and oxygen atoms in total. The Morgan fingerprint density at radius 3 is 2.31 bits per heavy atom. The molecule has 4 atom stereocenters. The van der Waals surface area contributed by atoms with Gasteiger partial charge in [0, 0.05) is 0 Å². The summed E-state index contributed by atoms with van der Waals surface area (Å²) in [6.45, 7) is 6.57. The number of rotatable bonds is 5. The van der Waals surface area contributed by atoms with Gasteiger partial charge in [0.25, 0.3) is 0 Å². The predicted octanol–water partition coefficient (Wildman–Crippen LogP) is 6.89. The standard InChI is InChI=1S/C26H37BO2/c1-26(2)19-16-23(26)22(14-15-29-25(28)18-8-4-3-5-9-18)24(17-19)27-20-10-6-11-21(27)13-7-12-20/h3-5,8-9,19-24H,6-7,10-17H2,1-2H3/q-1/t19-,20?,21?,22+,23+,24+/m1/s1. The lowest BCUT2D eigenvalue weighted by Crippen LogP contribution is -2.58. The van der Waals surface area contributed by atoms with Crippen LogP contribution in [0.25, 0.3) is 0 Å². The van der Waals surface area contributed by atoms with Crippen LogP contribution in [0.4, 0.5) is 0 Å². The normalized spacial score (nSPS) is 38.1. The minimum atomic E-state index is -0.154. The van der Waals surface area contributed by atoms with Gasteiger partial charge in [-0.2, -0.15) is 17.5 Å². The van der Waals surface area contributed by atoms with E-state index in [-0.39, 0.29) is 5.97 Å². The summed E-state index contributed by atoms with van der Waals surface area (Å²) < 4.78 is 5.76. The first-order valence-electron chi connectivity index (χ1n) is 12.3. The van der Waals surface area contributed by atoms with Crippen LogP contribution in [-0.4, -0.2) is 19.3 Å². The molecule has 1 radical (unpaired) electrons. The highest BCUT2D eigenvalue weighted by molar-refractivity contribution is 6.64.